The normalized spacial score (nSPS) is 11.8. The lowest BCUT2D eigenvalue weighted by molar-refractivity contribution is -0.137. The standard InChI is InChI=1S/C13H16Cl2N2O3/c1-8(10-7-9(14)3-4-11(10)15)16-13(20)17(2)6-5-12(18)19/h3-4,7-8H,5-6H2,1-2H3,(H,16,20)(H,18,19). The Hall–Kier alpha value is -1.46. The number of carboxylic acid groups (broad SMARTS) is 1. The average Bonchev–Trinajstić information content (AvgIpc) is 2.38. The SMILES string of the molecule is CC(NC(=O)N(C)CCC(=O)O)c1cc(Cl)ccc1Cl. The molecular weight excluding hydrogens is 303 g/mol. The molecule has 20 heavy (non-hydrogen) atoms. The molecular formula is C13H16Cl2N2O3. The van der Waals surface area contributed by atoms with Crippen LogP contribution in [0.4, 0.5) is 4.79 Å². The number of carbonyl (C=O) groups excluding carboxylic acids is 1. The van der Waals surface area contributed by atoms with E-state index in [9.17, 15) is 9.59 Å². The van der Waals surface area contributed by atoms with Crippen molar-refractivity contribution in [3.8, 4) is 0 Å². The van der Waals surface area contributed by atoms with Gasteiger partial charge in [0.1, 0.15) is 0 Å². The van der Waals surface area contributed by atoms with Gasteiger partial charge >= 0.3 is 12.0 Å². The monoisotopic (exact) mass is 318 g/mol. The molecule has 110 valence electrons. The van der Waals surface area contributed by atoms with Gasteiger partial charge in [0.2, 0.25) is 0 Å². The molecule has 0 radical (unpaired) electrons. The minimum Gasteiger partial charge on any atom is -0.481 e. The molecule has 0 heterocycles. The zero-order valence-corrected chi connectivity index (χ0v) is 12.7. The molecule has 2 N–H and O–H groups in total. The first-order valence-electron chi connectivity index (χ1n) is 5.99. The third kappa shape index (κ3) is 4.90. The van der Waals surface area contributed by atoms with E-state index in [-0.39, 0.29) is 25.0 Å². The molecule has 0 spiro atoms. The van der Waals surface area contributed by atoms with Crippen LogP contribution in [-0.2, 0) is 4.79 Å². The van der Waals surface area contributed by atoms with E-state index < -0.39 is 5.97 Å². The second-order valence-corrected chi connectivity index (χ2v) is 5.25. The number of aliphatic carboxylic acids is 1. The van der Waals surface area contributed by atoms with Crippen molar-refractivity contribution in [1.82, 2.24) is 10.2 Å². The van der Waals surface area contributed by atoms with Gasteiger partial charge in [-0.1, -0.05) is 23.2 Å². The first kappa shape index (κ1) is 16.6. The average molecular weight is 319 g/mol. The highest BCUT2D eigenvalue weighted by molar-refractivity contribution is 6.33. The number of hydrogen-bond donors (Lipinski definition) is 2. The summed E-state index contributed by atoms with van der Waals surface area (Å²) >= 11 is 12.0. The summed E-state index contributed by atoms with van der Waals surface area (Å²) in [7, 11) is 1.53. The van der Waals surface area contributed by atoms with Gasteiger partial charge in [-0.25, -0.2) is 4.79 Å². The minimum atomic E-state index is -0.949. The summed E-state index contributed by atoms with van der Waals surface area (Å²) in [4.78, 5) is 23.7. The number of amides is 2. The Morgan fingerprint density at radius 1 is 1.40 bits per heavy atom. The summed E-state index contributed by atoms with van der Waals surface area (Å²) in [5.74, 6) is -0.949. The lowest BCUT2D eigenvalue weighted by Gasteiger charge is -2.21. The maximum atomic E-state index is 11.9. The number of halogens is 2. The van der Waals surface area contributed by atoms with Gasteiger partial charge in [-0.05, 0) is 30.7 Å². The van der Waals surface area contributed by atoms with Crippen molar-refractivity contribution >= 4 is 35.2 Å². The molecule has 5 nitrogen and oxygen atoms in total. The van der Waals surface area contributed by atoms with Crippen LogP contribution >= 0.6 is 23.2 Å². The number of benzene rings is 1. The lowest BCUT2D eigenvalue weighted by atomic mass is 10.1. The third-order valence-corrected chi connectivity index (χ3v) is 3.35. The fraction of sp³-hybridized carbons (Fsp3) is 0.385. The summed E-state index contributed by atoms with van der Waals surface area (Å²) in [6.45, 7) is 1.91. The van der Waals surface area contributed by atoms with Crippen molar-refractivity contribution in [2.24, 2.45) is 0 Å². The van der Waals surface area contributed by atoms with Crippen LogP contribution in [0.1, 0.15) is 24.9 Å². The first-order valence-corrected chi connectivity index (χ1v) is 6.75. The Bertz CT molecular complexity index is 508. The van der Waals surface area contributed by atoms with Crippen molar-refractivity contribution in [2.75, 3.05) is 13.6 Å². The van der Waals surface area contributed by atoms with Crippen LogP contribution in [0.15, 0.2) is 18.2 Å². The van der Waals surface area contributed by atoms with E-state index in [0.29, 0.717) is 15.6 Å². The fourth-order valence-corrected chi connectivity index (χ4v) is 2.05. The number of carboxylic acids is 1. The number of hydrogen-bond acceptors (Lipinski definition) is 2. The van der Waals surface area contributed by atoms with E-state index >= 15 is 0 Å². The fourth-order valence-electron chi connectivity index (χ4n) is 1.58. The number of carbonyl (C=O) groups is 2. The highest BCUT2D eigenvalue weighted by Gasteiger charge is 2.16. The largest absolute Gasteiger partial charge is 0.481 e. The molecule has 1 atom stereocenters. The summed E-state index contributed by atoms with van der Waals surface area (Å²) in [6.07, 6.45) is -0.101. The summed E-state index contributed by atoms with van der Waals surface area (Å²) in [6, 6.07) is 4.32. The van der Waals surface area contributed by atoms with Crippen LogP contribution < -0.4 is 5.32 Å². The van der Waals surface area contributed by atoms with Crippen LogP contribution in [-0.4, -0.2) is 35.6 Å². The molecule has 7 heteroatoms. The topological polar surface area (TPSA) is 69.6 Å². The molecule has 1 unspecified atom stereocenters. The number of nitrogens with zero attached hydrogens (tertiary/aromatic N) is 1. The number of urea groups is 1. The summed E-state index contributed by atoms with van der Waals surface area (Å²) in [5, 5.41) is 12.4. The molecule has 0 aromatic heterocycles. The molecule has 1 aromatic carbocycles. The molecule has 1 aromatic rings. The van der Waals surface area contributed by atoms with E-state index in [1.165, 1.54) is 11.9 Å². The van der Waals surface area contributed by atoms with Crippen LogP contribution in [0.2, 0.25) is 10.0 Å². The van der Waals surface area contributed by atoms with Crippen LogP contribution in [0.25, 0.3) is 0 Å². The molecule has 0 aliphatic carbocycles. The maximum absolute atomic E-state index is 11.9. The second-order valence-electron chi connectivity index (χ2n) is 4.40. The predicted octanol–water partition coefficient (Wildman–Crippen LogP) is 3.17. The van der Waals surface area contributed by atoms with Crippen molar-refractivity contribution in [2.45, 2.75) is 19.4 Å². The van der Waals surface area contributed by atoms with Crippen molar-refractivity contribution in [3.63, 3.8) is 0 Å². The van der Waals surface area contributed by atoms with Gasteiger partial charge in [-0.15, -0.1) is 0 Å². The summed E-state index contributed by atoms with van der Waals surface area (Å²) in [5.41, 5.74) is 0.708. The molecule has 2 amide bonds. The van der Waals surface area contributed by atoms with Gasteiger partial charge in [-0.3, -0.25) is 4.79 Å². The van der Waals surface area contributed by atoms with Crippen LogP contribution in [0.3, 0.4) is 0 Å². The Labute approximate surface area is 127 Å². The Balaban J connectivity index is 2.65. The van der Waals surface area contributed by atoms with Crippen molar-refractivity contribution in [1.29, 1.82) is 0 Å². The maximum Gasteiger partial charge on any atom is 0.317 e. The quantitative estimate of drug-likeness (QED) is 0.876. The van der Waals surface area contributed by atoms with Gasteiger partial charge in [0.15, 0.2) is 0 Å². The molecule has 1 rings (SSSR count). The van der Waals surface area contributed by atoms with E-state index in [1.54, 1.807) is 25.1 Å². The second kappa shape index (κ2) is 7.36. The molecule has 0 saturated carbocycles. The van der Waals surface area contributed by atoms with Gasteiger partial charge < -0.3 is 15.3 Å². The Morgan fingerprint density at radius 2 is 2.05 bits per heavy atom. The van der Waals surface area contributed by atoms with Crippen molar-refractivity contribution < 1.29 is 14.7 Å². The van der Waals surface area contributed by atoms with Gasteiger partial charge in [-0.2, -0.15) is 0 Å². The van der Waals surface area contributed by atoms with E-state index in [0.717, 1.165) is 0 Å². The first-order chi connectivity index (χ1) is 9.31. The zero-order valence-electron chi connectivity index (χ0n) is 11.2. The lowest BCUT2D eigenvalue weighted by Crippen LogP contribution is -2.39. The third-order valence-electron chi connectivity index (χ3n) is 2.77. The molecule has 0 fully saturated rings. The summed E-state index contributed by atoms with van der Waals surface area (Å²) < 4.78 is 0. The molecule has 0 aliphatic rings. The van der Waals surface area contributed by atoms with E-state index in [1.807, 2.05) is 0 Å². The van der Waals surface area contributed by atoms with Gasteiger partial charge in [0, 0.05) is 23.6 Å². The van der Waals surface area contributed by atoms with Gasteiger partial charge in [0.05, 0.1) is 12.5 Å². The predicted molar refractivity (Wildman–Crippen MR) is 78.3 cm³/mol. The van der Waals surface area contributed by atoms with Gasteiger partial charge in [0.25, 0.3) is 0 Å². The zero-order chi connectivity index (χ0) is 15.3. The minimum absolute atomic E-state index is 0.101. The van der Waals surface area contributed by atoms with Crippen LogP contribution in [0, 0.1) is 0 Å². The Kier molecular flexibility index (Phi) is 6.10. The number of nitrogens with one attached hydrogen (secondary N) is 1. The van der Waals surface area contributed by atoms with Crippen molar-refractivity contribution in [3.05, 3.63) is 33.8 Å². The Morgan fingerprint density at radius 3 is 2.65 bits per heavy atom. The number of rotatable bonds is 5. The highest BCUT2D eigenvalue weighted by atomic mass is 35.5. The highest BCUT2D eigenvalue weighted by Crippen LogP contribution is 2.26. The van der Waals surface area contributed by atoms with E-state index in [2.05, 4.69) is 5.32 Å². The van der Waals surface area contributed by atoms with Crippen LogP contribution in [0.5, 0.6) is 0 Å². The molecule has 0 aliphatic heterocycles. The molecule has 0 bridgehead atoms. The van der Waals surface area contributed by atoms with E-state index in [4.69, 9.17) is 28.3 Å². The molecule has 0 saturated heterocycles. The smallest absolute Gasteiger partial charge is 0.317 e.